The molecule has 0 aromatic rings. The zero-order chi connectivity index (χ0) is 8.91. The number of hydrogen-bond acceptors (Lipinski definition) is 4. The molecule has 0 spiro atoms. The van der Waals surface area contributed by atoms with E-state index in [9.17, 15) is 4.57 Å². The summed E-state index contributed by atoms with van der Waals surface area (Å²) >= 11 is 0. The van der Waals surface area contributed by atoms with Crippen LogP contribution < -0.4 is 0 Å². The molecule has 0 radical (unpaired) electrons. The lowest BCUT2D eigenvalue weighted by Crippen LogP contribution is -2.25. The molecule has 0 heterocycles. The molecule has 0 N–H and O–H groups in total. The van der Waals surface area contributed by atoms with Crippen LogP contribution in [0, 0.1) is 0 Å². The normalized spacial score (nSPS) is 14.9. The van der Waals surface area contributed by atoms with Gasteiger partial charge in [0.25, 0.3) is 0 Å². The molecule has 0 aromatic carbocycles. The summed E-state index contributed by atoms with van der Waals surface area (Å²) in [5.74, 6) is 0. The molecule has 0 fully saturated rings. The van der Waals surface area contributed by atoms with E-state index in [0.29, 0.717) is 0 Å². The predicted molar refractivity (Wildman–Crippen MR) is 46.4 cm³/mol. The Bertz CT molecular complexity index is 133. The van der Waals surface area contributed by atoms with Gasteiger partial charge in [0, 0.05) is 7.11 Å². The highest BCUT2D eigenvalue weighted by Crippen LogP contribution is 2.21. The molecule has 1 atom stereocenters. The average molecular weight is 198 g/mol. The number of hydrogen-bond donors (Lipinski definition) is 0. The second kappa shape index (κ2) is 5.06. The predicted octanol–water partition coefficient (Wildman–Crippen LogP) is 1.85. The van der Waals surface area contributed by atoms with Crippen molar-refractivity contribution in [1.82, 2.24) is 0 Å². The lowest BCUT2D eigenvalue weighted by atomic mass is 11.6. The van der Waals surface area contributed by atoms with E-state index in [4.69, 9.17) is 8.95 Å². The van der Waals surface area contributed by atoms with Gasteiger partial charge in [-0.3, -0.25) is 9.09 Å². The van der Waals surface area contributed by atoms with Crippen LogP contribution >= 0.6 is 8.25 Å². The zero-order valence-electron chi connectivity index (χ0n) is 7.34. The highest BCUT2D eigenvalue weighted by atomic mass is 31.1. The molecule has 0 aliphatic carbocycles. The molecule has 0 rings (SSSR count). The fourth-order valence-corrected chi connectivity index (χ4v) is 1.12. The maximum Gasteiger partial charge on any atom is 0.320 e. The molecule has 0 bridgehead atoms. The molecule has 0 saturated carbocycles. The molecule has 0 aliphatic rings. The smallest absolute Gasteiger partial charge is 0.320 e. The van der Waals surface area contributed by atoms with Crippen LogP contribution in [0.5, 0.6) is 0 Å². The average Bonchev–Trinajstić information content (AvgIpc) is 1.85. The lowest BCUT2D eigenvalue weighted by molar-refractivity contribution is 0.104. The number of rotatable bonds is 5. The van der Waals surface area contributed by atoms with Crippen molar-refractivity contribution >= 4 is 16.6 Å². The van der Waals surface area contributed by atoms with Gasteiger partial charge in [-0.05, 0) is 19.6 Å². The van der Waals surface area contributed by atoms with Crippen molar-refractivity contribution in [3.8, 4) is 0 Å². The Balaban J connectivity index is 3.35. The fraction of sp³-hybridized carbons (Fsp3) is 1.00. The van der Waals surface area contributed by atoms with Crippen molar-refractivity contribution < 1.29 is 18.0 Å². The first kappa shape index (κ1) is 11.3. The van der Waals surface area contributed by atoms with E-state index in [-0.39, 0.29) is 6.79 Å². The first-order valence-electron chi connectivity index (χ1n) is 3.30. The van der Waals surface area contributed by atoms with Crippen LogP contribution in [0.15, 0.2) is 0 Å². The zero-order valence-corrected chi connectivity index (χ0v) is 9.34. The second-order valence-corrected chi connectivity index (χ2v) is 8.68. The molecular formula is C5H15O4PSi. The minimum Gasteiger partial charge on any atom is -0.395 e. The summed E-state index contributed by atoms with van der Waals surface area (Å²) in [6, 6.07) is 0. The van der Waals surface area contributed by atoms with Gasteiger partial charge in [-0.2, -0.15) is 0 Å². The summed E-state index contributed by atoms with van der Waals surface area (Å²) in [6.07, 6.45) is 0. The van der Waals surface area contributed by atoms with Gasteiger partial charge in [-0.15, -0.1) is 0 Å². The minimum absolute atomic E-state index is 0.0708. The summed E-state index contributed by atoms with van der Waals surface area (Å²) in [7, 11) is -2.50. The maximum absolute atomic E-state index is 10.6. The maximum atomic E-state index is 10.6. The van der Waals surface area contributed by atoms with Crippen LogP contribution in [0.1, 0.15) is 0 Å². The molecule has 4 nitrogen and oxygen atoms in total. The van der Waals surface area contributed by atoms with E-state index < -0.39 is 16.6 Å². The van der Waals surface area contributed by atoms with Crippen molar-refractivity contribution in [2.45, 2.75) is 19.6 Å². The van der Waals surface area contributed by atoms with Crippen LogP contribution in [0.3, 0.4) is 0 Å². The summed E-state index contributed by atoms with van der Waals surface area (Å²) in [5, 5.41) is 0. The first-order valence-corrected chi connectivity index (χ1v) is 7.94. The lowest BCUT2D eigenvalue weighted by Gasteiger charge is -2.16. The van der Waals surface area contributed by atoms with Crippen LogP contribution in [-0.2, 0) is 18.0 Å². The SMILES string of the molecule is CO[PH](=O)OCO[Si](C)(C)C. The van der Waals surface area contributed by atoms with E-state index in [1.807, 2.05) is 19.6 Å². The summed E-state index contributed by atoms with van der Waals surface area (Å²) in [6.45, 7) is 6.16. The van der Waals surface area contributed by atoms with Gasteiger partial charge >= 0.3 is 8.25 Å². The summed E-state index contributed by atoms with van der Waals surface area (Å²) < 4.78 is 25.0. The topological polar surface area (TPSA) is 44.8 Å². The largest absolute Gasteiger partial charge is 0.395 e. The Morgan fingerprint density at radius 3 is 2.27 bits per heavy atom. The molecule has 68 valence electrons. The molecule has 0 amide bonds. The van der Waals surface area contributed by atoms with Gasteiger partial charge in [0.1, 0.15) is 6.79 Å². The Kier molecular flexibility index (Phi) is 5.21. The monoisotopic (exact) mass is 198 g/mol. The Morgan fingerprint density at radius 1 is 1.36 bits per heavy atom. The van der Waals surface area contributed by atoms with E-state index in [1.165, 1.54) is 7.11 Å². The molecule has 6 heteroatoms. The van der Waals surface area contributed by atoms with Gasteiger partial charge in [0.05, 0.1) is 0 Å². The summed E-state index contributed by atoms with van der Waals surface area (Å²) in [4.78, 5) is 0. The molecule has 11 heavy (non-hydrogen) atoms. The third-order valence-electron chi connectivity index (χ3n) is 0.835. The molecule has 0 saturated heterocycles. The van der Waals surface area contributed by atoms with Gasteiger partial charge in [0.15, 0.2) is 8.32 Å². The van der Waals surface area contributed by atoms with Crippen molar-refractivity contribution in [3.05, 3.63) is 0 Å². The minimum atomic E-state index is -2.30. The van der Waals surface area contributed by atoms with Crippen LogP contribution in [-0.4, -0.2) is 22.2 Å². The molecule has 0 aromatic heterocycles. The molecule has 0 aliphatic heterocycles. The van der Waals surface area contributed by atoms with E-state index >= 15 is 0 Å². The van der Waals surface area contributed by atoms with Gasteiger partial charge < -0.3 is 8.95 Å². The van der Waals surface area contributed by atoms with Crippen LogP contribution in [0.25, 0.3) is 0 Å². The third kappa shape index (κ3) is 8.23. The highest BCUT2D eigenvalue weighted by Gasteiger charge is 2.14. The molecular weight excluding hydrogens is 183 g/mol. The van der Waals surface area contributed by atoms with E-state index in [0.717, 1.165) is 0 Å². The van der Waals surface area contributed by atoms with Crippen molar-refractivity contribution in [1.29, 1.82) is 0 Å². The van der Waals surface area contributed by atoms with Crippen molar-refractivity contribution in [3.63, 3.8) is 0 Å². The van der Waals surface area contributed by atoms with Gasteiger partial charge in [-0.1, -0.05) is 0 Å². The Morgan fingerprint density at radius 2 is 1.91 bits per heavy atom. The summed E-state index contributed by atoms with van der Waals surface area (Å²) in [5.41, 5.74) is 0. The van der Waals surface area contributed by atoms with E-state index in [2.05, 4.69) is 4.52 Å². The first-order chi connectivity index (χ1) is 4.95. The third-order valence-corrected chi connectivity index (χ3v) is 2.51. The molecule has 1 unspecified atom stereocenters. The van der Waals surface area contributed by atoms with Gasteiger partial charge in [-0.25, -0.2) is 0 Å². The van der Waals surface area contributed by atoms with E-state index in [1.54, 1.807) is 0 Å². The Hall–Kier alpha value is 0.327. The Labute approximate surface area is 68.9 Å². The standard InChI is InChI=1S/C5H15O4PSi/c1-7-10(6)8-5-9-11(2,3)4/h10H,5H2,1-4H3. The van der Waals surface area contributed by atoms with Crippen LogP contribution in [0.4, 0.5) is 0 Å². The van der Waals surface area contributed by atoms with Crippen LogP contribution in [0.2, 0.25) is 19.6 Å². The van der Waals surface area contributed by atoms with Crippen molar-refractivity contribution in [2.24, 2.45) is 0 Å². The fourth-order valence-electron chi connectivity index (χ4n) is 0.313. The van der Waals surface area contributed by atoms with Gasteiger partial charge in [0.2, 0.25) is 0 Å². The second-order valence-electron chi connectivity index (χ2n) is 2.97. The van der Waals surface area contributed by atoms with Crippen molar-refractivity contribution in [2.75, 3.05) is 13.9 Å². The highest BCUT2D eigenvalue weighted by molar-refractivity contribution is 7.33. The quantitative estimate of drug-likeness (QED) is 0.384.